The highest BCUT2D eigenvalue weighted by Crippen LogP contribution is 2.34. The molecule has 0 saturated heterocycles. The van der Waals surface area contributed by atoms with Crippen molar-refractivity contribution in [1.29, 1.82) is 0 Å². The summed E-state index contributed by atoms with van der Waals surface area (Å²) in [6.45, 7) is 5.28. The van der Waals surface area contributed by atoms with Gasteiger partial charge in [-0.15, -0.1) is 0 Å². The molecule has 0 aromatic heterocycles. The molecule has 0 bridgehead atoms. The molecule has 1 aromatic carbocycles. The van der Waals surface area contributed by atoms with Gasteiger partial charge in [0.05, 0.1) is 0 Å². The second-order valence-electron chi connectivity index (χ2n) is 6.79. The number of hydrogen-bond donors (Lipinski definition) is 2. The first-order chi connectivity index (χ1) is 11.2. The van der Waals surface area contributed by atoms with E-state index in [9.17, 15) is 14.7 Å². The Morgan fingerprint density at radius 1 is 1.33 bits per heavy atom. The molecule has 2 rings (SSSR count). The van der Waals surface area contributed by atoms with E-state index in [1.165, 1.54) is 12.2 Å². The van der Waals surface area contributed by atoms with E-state index in [0.717, 1.165) is 5.56 Å². The van der Waals surface area contributed by atoms with Gasteiger partial charge in [-0.3, -0.25) is 4.79 Å². The topological polar surface area (TPSA) is 89.6 Å². The zero-order chi connectivity index (χ0) is 17.9. The Morgan fingerprint density at radius 2 is 1.96 bits per heavy atom. The van der Waals surface area contributed by atoms with Gasteiger partial charge in [-0.2, -0.15) is 0 Å². The van der Waals surface area contributed by atoms with Crippen LogP contribution in [0.1, 0.15) is 32.8 Å². The van der Waals surface area contributed by atoms with Crippen molar-refractivity contribution in [3.63, 3.8) is 0 Å². The highest BCUT2D eigenvalue weighted by Gasteiger charge is 2.41. The predicted octanol–water partition coefficient (Wildman–Crippen LogP) is 2.50. The van der Waals surface area contributed by atoms with Crippen LogP contribution in [-0.4, -0.2) is 29.1 Å². The second-order valence-corrected chi connectivity index (χ2v) is 6.79. The Labute approximate surface area is 141 Å². The number of nitrogen functional groups attached to an aromatic ring is 1. The van der Waals surface area contributed by atoms with Crippen molar-refractivity contribution in [3.05, 3.63) is 47.6 Å². The van der Waals surface area contributed by atoms with Crippen molar-refractivity contribution in [2.75, 3.05) is 5.73 Å². The Balaban J connectivity index is 2.11. The van der Waals surface area contributed by atoms with Gasteiger partial charge in [0.15, 0.2) is 5.78 Å². The van der Waals surface area contributed by atoms with Crippen molar-refractivity contribution in [2.24, 2.45) is 5.41 Å². The number of carbonyl (C=O) groups excluding carboxylic acids is 2. The second kappa shape index (κ2) is 7.01. The average Bonchev–Trinajstić information content (AvgIpc) is 2.57. The number of anilines is 1. The number of allylic oxidation sites excluding steroid dienone is 1. The van der Waals surface area contributed by atoms with Gasteiger partial charge in [-0.05, 0) is 42.3 Å². The van der Waals surface area contributed by atoms with Crippen LogP contribution in [-0.2, 0) is 14.3 Å². The van der Waals surface area contributed by atoms with E-state index in [-0.39, 0.29) is 12.2 Å². The van der Waals surface area contributed by atoms with Crippen LogP contribution in [0.15, 0.2) is 42.0 Å². The van der Waals surface area contributed by atoms with Gasteiger partial charge < -0.3 is 15.6 Å². The lowest BCUT2D eigenvalue weighted by Crippen LogP contribution is -2.41. The third kappa shape index (κ3) is 4.32. The molecule has 1 aliphatic carbocycles. The molecule has 24 heavy (non-hydrogen) atoms. The quantitative estimate of drug-likeness (QED) is 0.505. The molecule has 0 amide bonds. The molecular formula is C19H23NO4. The molecule has 0 saturated carbocycles. The highest BCUT2D eigenvalue weighted by atomic mass is 16.6. The summed E-state index contributed by atoms with van der Waals surface area (Å²) in [5.74, 6) is -0.612. The van der Waals surface area contributed by atoms with E-state index in [0.29, 0.717) is 11.3 Å². The number of ketones is 1. The summed E-state index contributed by atoms with van der Waals surface area (Å²) in [5, 5.41) is 10.3. The molecule has 1 aliphatic rings. The predicted molar refractivity (Wildman–Crippen MR) is 92.9 cm³/mol. The molecule has 0 radical (unpaired) electrons. The van der Waals surface area contributed by atoms with E-state index in [1.54, 1.807) is 37.3 Å². The summed E-state index contributed by atoms with van der Waals surface area (Å²) in [4.78, 5) is 24.1. The van der Waals surface area contributed by atoms with Gasteiger partial charge in [-0.1, -0.05) is 26.0 Å². The van der Waals surface area contributed by atoms with Gasteiger partial charge in [0.25, 0.3) is 0 Å². The fourth-order valence-electron chi connectivity index (χ4n) is 2.72. The zero-order valence-corrected chi connectivity index (χ0v) is 14.2. The minimum Gasteiger partial charge on any atom is -0.456 e. The number of carbonyl (C=O) groups is 2. The van der Waals surface area contributed by atoms with Gasteiger partial charge in [0.2, 0.25) is 0 Å². The summed E-state index contributed by atoms with van der Waals surface area (Å²) in [6, 6.07) is 7.05. The number of hydrogen-bond acceptors (Lipinski definition) is 5. The van der Waals surface area contributed by atoms with E-state index < -0.39 is 23.6 Å². The third-order valence-corrected chi connectivity index (χ3v) is 4.15. The molecule has 5 heteroatoms. The standard InChI is InChI=1S/C19H23NO4/c1-12-10-15(21)18(19(2,3)11-16(12)22)24-17(23)9-6-13-4-7-14(20)8-5-13/h4-10,15,18,21H,11,20H2,1-3H3/b9-6+. The van der Waals surface area contributed by atoms with Crippen LogP contribution in [0.3, 0.4) is 0 Å². The van der Waals surface area contributed by atoms with Crippen LogP contribution in [0, 0.1) is 5.41 Å². The molecule has 0 aliphatic heterocycles. The Bertz CT molecular complexity index is 686. The van der Waals surface area contributed by atoms with Crippen molar-refractivity contribution in [3.8, 4) is 0 Å². The Kier molecular flexibility index (Phi) is 5.24. The number of aliphatic hydroxyl groups excluding tert-OH is 1. The minimum absolute atomic E-state index is 0.0463. The van der Waals surface area contributed by atoms with Crippen molar-refractivity contribution >= 4 is 23.5 Å². The van der Waals surface area contributed by atoms with Crippen LogP contribution in [0.4, 0.5) is 5.69 Å². The van der Waals surface area contributed by atoms with Gasteiger partial charge in [0, 0.05) is 23.6 Å². The maximum atomic E-state index is 12.1. The third-order valence-electron chi connectivity index (χ3n) is 4.15. The number of ether oxygens (including phenoxy) is 1. The number of aliphatic hydroxyl groups is 1. The first-order valence-electron chi connectivity index (χ1n) is 7.83. The smallest absolute Gasteiger partial charge is 0.331 e. The van der Waals surface area contributed by atoms with E-state index >= 15 is 0 Å². The highest BCUT2D eigenvalue weighted by molar-refractivity contribution is 5.95. The number of Topliss-reactive ketones (excluding diaryl/α,β-unsaturated/α-hetero) is 1. The molecule has 2 unspecified atom stereocenters. The molecule has 1 aromatic rings. The molecule has 0 heterocycles. The molecule has 3 N–H and O–H groups in total. The van der Waals surface area contributed by atoms with Gasteiger partial charge in [-0.25, -0.2) is 4.79 Å². The summed E-state index contributed by atoms with van der Waals surface area (Å²) in [7, 11) is 0. The molecule has 2 atom stereocenters. The fraction of sp³-hybridized carbons (Fsp3) is 0.368. The van der Waals surface area contributed by atoms with E-state index in [2.05, 4.69) is 0 Å². The number of benzene rings is 1. The molecule has 0 fully saturated rings. The summed E-state index contributed by atoms with van der Waals surface area (Å²) < 4.78 is 5.44. The normalized spacial score (nSPS) is 23.7. The molecular weight excluding hydrogens is 306 g/mol. The maximum Gasteiger partial charge on any atom is 0.331 e. The molecule has 128 valence electrons. The minimum atomic E-state index is -1.01. The Morgan fingerprint density at radius 3 is 2.58 bits per heavy atom. The lowest BCUT2D eigenvalue weighted by Gasteiger charge is -2.33. The monoisotopic (exact) mass is 329 g/mol. The van der Waals surface area contributed by atoms with E-state index in [4.69, 9.17) is 10.5 Å². The number of nitrogens with two attached hydrogens (primary N) is 1. The lowest BCUT2D eigenvalue weighted by atomic mass is 9.80. The maximum absolute atomic E-state index is 12.1. The zero-order valence-electron chi connectivity index (χ0n) is 14.2. The van der Waals surface area contributed by atoms with Crippen LogP contribution in [0.25, 0.3) is 6.08 Å². The fourth-order valence-corrected chi connectivity index (χ4v) is 2.72. The van der Waals surface area contributed by atoms with E-state index in [1.807, 2.05) is 13.8 Å². The van der Waals surface area contributed by atoms with Crippen molar-refractivity contribution < 1.29 is 19.4 Å². The largest absolute Gasteiger partial charge is 0.456 e. The Hall–Kier alpha value is -2.40. The lowest BCUT2D eigenvalue weighted by molar-refractivity contribution is -0.157. The van der Waals surface area contributed by atoms with Gasteiger partial charge in [0.1, 0.15) is 12.2 Å². The first-order valence-corrected chi connectivity index (χ1v) is 7.83. The summed E-state index contributed by atoms with van der Waals surface area (Å²) in [6.07, 6.45) is 2.79. The molecule has 0 spiro atoms. The number of rotatable bonds is 3. The summed E-state index contributed by atoms with van der Waals surface area (Å²) >= 11 is 0. The van der Waals surface area contributed by atoms with Crippen molar-refractivity contribution in [1.82, 2.24) is 0 Å². The summed E-state index contributed by atoms with van der Waals surface area (Å²) in [5.41, 5.74) is 6.90. The number of esters is 1. The van der Waals surface area contributed by atoms with Crippen molar-refractivity contribution in [2.45, 2.75) is 39.4 Å². The van der Waals surface area contributed by atoms with Crippen LogP contribution in [0.5, 0.6) is 0 Å². The molecule has 5 nitrogen and oxygen atoms in total. The van der Waals surface area contributed by atoms with Crippen LogP contribution >= 0.6 is 0 Å². The van der Waals surface area contributed by atoms with Crippen LogP contribution < -0.4 is 5.73 Å². The first kappa shape index (κ1) is 17.9. The SMILES string of the molecule is CC1=CC(O)C(OC(=O)/C=C/c2ccc(N)cc2)C(C)(C)CC1=O. The van der Waals surface area contributed by atoms with Crippen LogP contribution in [0.2, 0.25) is 0 Å². The van der Waals surface area contributed by atoms with Gasteiger partial charge >= 0.3 is 5.97 Å². The average molecular weight is 329 g/mol.